The molecule has 4 atom stereocenters. The maximum Gasteiger partial charge on any atom is 0.307 e. The molecule has 1 aromatic carbocycles. The first-order chi connectivity index (χ1) is 14.9. The highest BCUT2D eigenvalue weighted by molar-refractivity contribution is 7.17. The largest absolute Gasteiger partial charge is 0.481 e. The average molecular weight is 437 g/mol. The molecule has 1 heterocycles. The van der Waals surface area contributed by atoms with Crippen LogP contribution in [0.25, 0.3) is 0 Å². The Labute approximate surface area is 184 Å². The van der Waals surface area contributed by atoms with Crippen LogP contribution in [0.15, 0.2) is 36.4 Å². The lowest BCUT2D eigenvalue weighted by molar-refractivity contribution is -0.146. The SMILES string of the molecule is Cc1ccccc1NC(=O)c1c(NC(=O)[C@@H]2[C@H](C(=O)O)[C@H]3C=C[C@H]2C3)sc2c1CCC2. The zero-order valence-electron chi connectivity index (χ0n) is 17.2. The summed E-state index contributed by atoms with van der Waals surface area (Å²) in [7, 11) is 0. The fraction of sp³-hybridized carbons (Fsp3) is 0.375. The van der Waals surface area contributed by atoms with Crippen molar-refractivity contribution in [3.05, 3.63) is 58.0 Å². The molecule has 0 spiro atoms. The third kappa shape index (κ3) is 3.37. The summed E-state index contributed by atoms with van der Waals surface area (Å²) in [5.41, 5.74) is 3.24. The van der Waals surface area contributed by atoms with Gasteiger partial charge in [-0.3, -0.25) is 14.4 Å². The highest BCUT2D eigenvalue weighted by Crippen LogP contribution is 2.49. The Kier molecular flexibility index (Phi) is 4.93. The molecule has 0 unspecified atom stereocenters. The lowest BCUT2D eigenvalue weighted by atomic mass is 9.82. The molecule has 0 aliphatic heterocycles. The van der Waals surface area contributed by atoms with Crippen LogP contribution in [0.1, 0.15) is 39.2 Å². The van der Waals surface area contributed by atoms with Crippen molar-refractivity contribution in [1.82, 2.24) is 0 Å². The third-order valence-electron chi connectivity index (χ3n) is 6.83. The predicted molar refractivity (Wildman–Crippen MR) is 119 cm³/mol. The molecular weight excluding hydrogens is 412 g/mol. The Bertz CT molecular complexity index is 1120. The topological polar surface area (TPSA) is 95.5 Å². The van der Waals surface area contributed by atoms with Gasteiger partial charge in [0, 0.05) is 10.6 Å². The van der Waals surface area contributed by atoms with Crippen LogP contribution in [0, 0.1) is 30.6 Å². The van der Waals surface area contributed by atoms with Gasteiger partial charge < -0.3 is 15.7 Å². The van der Waals surface area contributed by atoms with Crippen LogP contribution >= 0.6 is 11.3 Å². The van der Waals surface area contributed by atoms with Crippen molar-refractivity contribution in [1.29, 1.82) is 0 Å². The van der Waals surface area contributed by atoms with Gasteiger partial charge in [0.25, 0.3) is 5.91 Å². The van der Waals surface area contributed by atoms with Crippen molar-refractivity contribution in [3.8, 4) is 0 Å². The molecule has 31 heavy (non-hydrogen) atoms. The Morgan fingerprint density at radius 2 is 1.77 bits per heavy atom. The van der Waals surface area contributed by atoms with E-state index in [0.29, 0.717) is 17.0 Å². The number of para-hydroxylation sites is 1. The minimum absolute atomic E-state index is 0.0536. The first-order valence-electron chi connectivity index (χ1n) is 10.7. The lowest BCUT2D eigenvalue weighted by Crippen LogP contribution is -2.36. The highest BCUT2D eigenvalue weighted by Gasteiger charge is 2.51. The van der Waals surface area contributed by atoms with Crippen LogP contribution in [0.2, 0.25) is 0 Å². The fourth-order valence-electron chi connectivity index (χ4n) is 5.34. The van der Waals surface area contributed by atoms with Gasteiger partial charge >= 0.3 is 5.97 Å². The molecule has 3 aliphatic rings. The molecule has 2 bridgehead atoms. The number of amides is 2. The molecular formula is C24H24N2O4S. The number of carboxylic acid groups (broad SMARTS) is 1. The third-order valence-corrected chi connectivity index (χ3v) is 8.03. The number of benzene rings is 1. The van der Waals surface area contributed by atoms with E-state index in [4.69, 9.17) is 0 Å². The number of hydrogen-bond acceptors (Lipinski definition) is 4. The minimum atomic E-state index is -0.928. The van der Waals surface area contributed by atoms with Crippen molar-refractivity contribution < 1.29 is 19.5 Å². The molecule has 3 N–H and O–H groups in total. The molecule has 0 saturated heterocycles. The number of aliphatic carboxylic acids is 1. The van der Waals surface area contributed by atoms with Crippen LogP contribution in [0.4, 0.5) is 10.7 Å². The Hall–Kier alpha value is -2.93. The summed E-state index contributed by atoms with van der Waals surface area (Å²) in [6.45, 7) is 1.94. The summed E-state index contributed by atoms with van der Waals surface area (Å²) in [5, 5.41) is 16.2. The van der Waals surface area contributed by atoms with Crippen LogP contribution in [-0.2, 0) is 22.4 Å². The van der Waals surface area contributed by atoms with E-state index in [1.165, 1.54) is 11.3 Å². The highest BCUT2D eigenvalue weighted by atomic mass is 32.1. The Morgan fingerprint density at radius 3 is 2.52 bits per heavy atom. The second-order valence-electron chi connectivity index (χ2n) is 8.66. The molecule has 160 valence electrons. The van der Waals surface area contributed by atoms with E-state index < -0.39 is 17.8 Å². The number of aryl methyl sites for hydroxylation is 2. The molecule has 1 fully saturated rings. The number of carbonyl (C=O) groups excluding carboxylic acids is 2. The summed E-state index contributed by atoms with van der Waals surface area (Å²) >= 11 is 1.45. The number of allylic oxidation sites excluding steroid dienone is 2. The van der Waals surface area contributed by atoms with Crippen molar-refractivity contribution in [2.24, 2.45) is 23.7 Å². The van der Waals surface area contributed by atoms with Gasteiger partial charge in [-0.15, -0.1) is 11.3 Å². The van der Waals surface area contributed by atoms with Crippen molar-refractivity contribution in [2.75, 3.05) is 10.6 Å². The van der Waals surface area contributed by atoms with E-state index in [0.717, 1.165) is 41.0 Å². The first-order valence-corrected chi connectivity index (χ1v) is 11.5. The quantitative estimate of drug-likeness (QED) is 0.611. The molecule has 5 rings (SSSR count). The van der Waals surface area contributed by atoms with E-state index in [1.54, 1.807) is 0 Å². The smallest absolute Gasteiger partial charge is 0.307 e. The zero-order valence-corrected chi connectivity index (χ0v) is 18.0. The maximum absolute atomic E-state index is 13.2. The van der Waals surface area contributed by atoms with E-state index in [2.05, 4.69) is 10.6 Å². The fourth-order valence-corrected chi connectivity index (χ4v) is 6.63. The van der Waals surface area contributed by atoms with Crippen LogP contribution in [0.3, 0.4) is 0 Å². The monoisotopic (exact) mass is 436 g/mol. The average Bonchev–Trinajstić information content (AvgIpc) is 3.49. The summed E-state index contributed by atoms with van der Waals surface area (Å²) in [6.07, 6.45) is 7.31. The molecule has 1 aromatic heterocycles. The van der Waals surface area contributed by atoms with Crippen molar-refractivity contribution in [2.45, 2.75) is 32.6 Å². The number of carboxylic acids is 1. The van der Waals surface area contributed by atoms with Crippen LogP contribution in [0.5, 0.6) is 0 Å². The normalized spacial score (nSPS) is 25.5. The summed E-state index contributed by atoms with van der Waals surface area (Å²) < 4.78 is 0. The van der Waals surface area contributed by atoms with E-state index >= 15 is 0 Å². The van der Waals surface area contributed by atoms with Gasteiger partial charge in [-0.1, -0.05) is 30.4 Å². The standard InChI is InChI=1S/C24H24N2O4S/c1-12-5-2-3-7-16(12)25-22(28)20-15-6-4-8-17(15)31-23(20)26-21(27)18-13-9-10-14(11-13)19(18)24(29)30/h2-3,5,7,9-10,13-14,18-19H,4,6,8,11H2,1H3,(H,25,28)(H,26,27)(H,29,30)/t13-,14-,18-,19+/m0/s1. The van der Waals surface area contributed by atoms with Gasteiger partial charge in [-0.05, 0) is 61.6 Å². The van der Waals surface area contributed by atoms with Crippen LogP contribution < -0.4 is 10.6 Å². The zero-order chi connectivity index (χ0) is 21.7. The molecule has 2 aromatic rings. The van der Waals surface area contributed by atoms with Crippen molar-refractivity contribution >= 4 is 39.8 Å². The molecule has 2 amide bonds. The van der Waals surface area contributed by atoms with E-state index in [-0.39, 0.29) is 23.7 Å². The van der Waals surface area contributed by atoms with Gasteiger partial charge in [0.2, 0.25) is 5.91 Å². The Balaban J connectivity index is 1.43. The number of hydrogen-bond donors (Lipinski definition) is 3. The van der Waals surface area contributed by atoms with Crippen LogP contribution in [-0.4, -0.2) is 22.9 Å². The summed E-state index contributed by atoms with van der Waals surface area (Å²) in [5.74, 6) is -2.90. The van der Waals surface area contributed by atoms with E-state index in [1.807, 2.05) is 43.3 Å². The van der Waals surface area contributed by atoms with Gasteiger partial charge in [0.15, 0.2) is 0 Å². The van der Waals surface area contributed by atoms with Crippen molar-refractivity contribution in [3.63, 3.8) is 0 Å². The summed E-state index contributed by atoms with van der Waals surface area (Å²) in [6, 6.07) is 7.59. The minimum Gasteiger partial charge on any atom is -0.481 e. The molecule has 0 radical (unpaired) electrons. The second-order valence-corrected chi connectivity index (χ2v) is 9.76. The predicted octanol–water partition coefficient (Wildman–Crippen LogP) is 4.26. The van der Waals surface area contributed by atoms with E-state index in [9.17, 15) is 19.5 Å². The number of anilines is 2. The van der Waals surface area contributed by atoms with Gasteiger partial charge in [-0.25, -0.2) is 0 Å². The molecule has 6 nitrogen and oxygen atoms in total. The van der Waals surface area contributed by atoms with Gasteiger partial charge in [0.05, 0.1) is 17.4 Å². The maximum atomic E-state index is 13.2. The second kappa shape index (κ2) is 7.64. The molecule has 1 saturated carbocycles. The first kappa shape index (κ1) is 20.0. The molecule has 7 heteroatoms. The Morgan fingerprint density at radius 1 is 1.03 bits per heavy atom. The number of thiophene rings is 1. The number of rotatable bonds is 5. The van der Waals surface area contributed by atoms with Gasteiger partial charge in [0.1, 0.15) is 5.00 Å². The number of fused-ring (bicyclic) bond motifs is 3. The summed E-state index contributed by atoms with van der Waals surface area (Å²) in [4.78, 5) is 39.4. The number of nitrogens with one attached hydrogen (secondary N) is 2. The number of carbonyl (C=O) groups is 3. The van der Waals surface area contributed by atoms with Gasteiger partial charge in [-0.2, -0.15) is 0 Å². The lowest BCUT2D eigenvalue weighted by Gasteiger charge is -2.23. The molecule has 3 aliphatic carbocycles.